The largest absolute Gasteiger partial charge is 0.457 e. The molecule has 0 aromatic rings. The van der Waals surface area contributed by atoms with Crippen LogP contribution in [0.5, 0.6) is 0 Å². The molecule has 1 heterocycles. The number of aliphatic hydroxyl groups is 4. The molecule has 356 valence electrons. The van der Waals surface area contributed by atoms with Crippen LogP contribution < -0.4 is 0 Å². The summed E-state index contributed by atoms with van der Waals surface area (Å²) in [5, 5.41) is 40.2. The summed E-state index contributed by atoms with van der Waals surface area (Å²) in [7, 11) is 0. The topological polar surface area (TPSA) is 135 Å². The fourth-order valence-corrected chi connectivity index (χ4v) is 6.97. The molecule has 0 aromatic carbocycles. The number of esters is 1. The first-order valence-corrected chi connectivity index (χ1v) is 24.7. The molecule has 0 amide bonds. The van der Waals surface area contributed by atoms with Gasteiger partial charge in [-0.1, -0.05) is 176 Å². The lowest BCUT2D eigenvalue weighted by Crippen LogP contribution is -2.59. The second-order valence-corrected chi connectivity index (χ2v) is 16.5. The number of ether oxygens (including phenoxy) is 4. The SMILES string of the molecule is CC/C=C\C/C=C\C/C=C\C/C=C\C/C=C\CCCCCCCCCCCCOCC(COC1OC(CO)C(O)C(O)C1O)OC(=O)CCCCCCC/C=C\C/C=C\CCC. The monoisotopic (exact) mass is 871 g/mol. The van der Waals surface area contributed by atoms with Gasteiger partial charge in [-0.15, -0.1) is 0 Å². The molecular weight excluding hydrogens is 781 g/mol. The molecule has 9 nitrogen and oxygen atoms in total. The van der Waals surface area contributed by atoms with E-state index in [-0.39, 0.29) is 19.2 Å². The number of rotatable bonds is 41. The van der Waals surface area contributed by atoms with Gasteiger partial charge in [0.05, 0.1) is 19.8 Å². The number of unbranched alkanes of at least 4 members (excludes halogenated alkanes) is 16. The van der Waals surface area contributed by atoms with Gasteiger partial charge in [0.25, 0.3) is 0 Å². The number of allylic oxidation sites excluding steroid dienone is 14. The molecule has 1 fully saturated rings. The normalized spacial score (nSPS) is 20.5. The summed E-state index contributed by atoms with van der Waals surface area (Å²) < 4.78 is 22.8. The van der Waals surface area contributed by atoms with Gasteiger partial charge < -0.3 is 39.4 Å². The highest BCUT2D eigenvalue weighted by Gasteiger charge is 2.44. The van der Waals surface area contributed by atoms with Crippen LogP contribution in [-0.2, 0) is 23.7 Å². The van der Waals surface area contributed by atoms with Crippen molar-refractivity contribution in [2.45, 2.75) is 218 Å². The van der Waals surface area contributed by atoms with Crippen molar-refractivity contribution in [1.82, 2.24) is 0 Å². The van der Waals surface area contributed by atoms with Crippen LogP contribution in [0.4, 0.5) is 0 Å². The average Bonchev–Trinajstić information content (AvgIpc) is 3.27. The van der Waals surface area contributed by atoms with E-state index in [9.17, 15) is 25.2 Å². The van der Waals surface area contributed by atoms with Crippen LogP contribution in [0.25, 0.3) is 0 Å². The summed E-state index contributed by atoms with van der Waals surface area (Å²) in [4.78, 5) is 12.8. The van der Waals surface area contributed by atoms with Crippen molar-refractivity contribution in [3.8, 4) is 0 Å². The predicted molar refractivity (Wildman–Crippen MR) is 256 cm³/mol. The molecular formula is C53H90O9. The van der Waals surface area contributed by atoms with E-state index in [1.807, 2.05) is 0 Å². The van der Waals surface area contributed by atoms with E-state index in [4.69, 9.17) is 18.9 Å². The molecule has 0 spiro atoms. The Morgan fingerprint density at radius 2 is 0.984 bits per heavy atom. The Labute approximate surface area is 378 Å². The minimum atomic E-state index is -1.54. The predicted octanol–water partition coefficient (Wildman–Crippen LogP) is 11.8. The van der Waals surface area contributed by atoms with Crippen molar-refractivity contribution < 1.29 is 44.2 Å². The van der Waals surface area contributed by atoms with E-state index in [0.717, 1.165) is 96.3 Å². The third-order valence-corrected chi connectivity index (χ3v) is 10.8. The second kappa shape index (κ2) is 43.6. The maximum Gasteiger partial charge on any atom is 0.306 e. The number of carbonyl (C=O) groups excluding carboxylic acids is 1. The standard InChI is InChI=1S/C53H90O9/c1-3-5-7-9-11-13-15-17-18-19-20-21-22-23-24-25-26-27-28-29-31-33-35-37-39-41-43-59-45-47(46-60-53-52(58)51(57)50(56)48(44-54)62-53)61-49(55)42-40-38-36-34-32-30-16-14-12-10-8-6-4-2/h5,7-8,10-11,13-14,16-18,20-21,23-24,47-48,50-54,56-58H,3-4,6,9,12,15,19,22,25-46H2,1-2H3/b7-5-,10-8-,13-11-,16-14-,18-17-,21-20-,24-23-. The van der Waals surface area contributed by atoms with Gasteiger partial charge in [0.2, 0.25) is 0 Å². The van der Waals surface area contributed by atoms with Gasteiger partial charge in [-0.05, 0) is 83.5 Å². The van der Waals surface area contributed by atoms with Crippen LogP contribution in [0.3, 0.4) is 0 Å². The van der Waals surface area contributed by atoms with E-state index in [1.165, 1.54) is 64.2 Å². The maximum atomic E-state index is 12.8. The first-order valence-electron chi connectivity index (χ1n) is 24.7. The van der Waals surface area contributed by atoms with Gasteiger partial charge in [0.1, 0.15) is 30.5 Å². The summed E-state index contributed by atoms with van der Waals surface area (Å²) in [5.74, 6) is -0.333. The van der Waals surface area contributed by atoms with Crippen LogP contribution in [0.15, 0.2) is 85.1 Å². The van der Waals surface area contributed by atoms with E-state index in [0.29, 0.717) is 13.0 Å². The second-order valence-electron chi connectivity index (χ2n) is 16.5. The van der Waals surface area contributed by atoms with Crippen molar-refractivity contribution in [3.05, 3.63) is 85.1 Å². The Bertz CT molecular complexity index is 1220. The lowest BCUT2D eigenvalue weighted by Gasteiger charge is -2.39. The number of carbonyl (C=O) groups is 1. The van der Waals surface area contributed by atoms with Crippen molar-refractivity contribution in [1.29, 1.82) is 0 Å². The highest BCUT2D eigenvalue weighted by Crippen LogP contribution is 2.22. The maximum absolute atomic E-state index is 12.8. The summed E-state index contributed by atoms with van der Waals surface area (Å²) in [5.41, 5.74) is 0. The molecule has 0 aliphatic carbocycles. The van der Waals surface area contributed by atoms with Crippen LogP contribution >= 0.6 is 0 Å². The van der Waals surface area contributed by atoms with Gasteiger partial charge in [-0.2, -0.15) is 0 Å². The fraction of sp³-hybridized carbons (Fsp3) is 0.717. The molecule has 0 aromatic heterocycles. The van der Waals surface area contributed by atoms with Gasteiger partial charge in [0.15, 0.2) is 6.29 Å². The third-order valence-electron chi connectivity index (χ3n) is 10.8. The van der Waals surface area contributed by atoms with Crippen molar-refractivity contribution in [3.63, 3.8) is 0 Å². The van der Waals surface area contributed by atoms with Gasteiger partial charge >= 0.3 is 5.97 Å². The van der Waals surface area contributed by atoms with Crippen LogP contribution in [0.1, 0.15) is 181 Å². The van der Waals surface area contributed by atoms with Gasteiger partial charge in [-0.25, -0.2) is 0 Å². The number of aliphatic hydroxyl groups excluding tert-OH is 4. The Morgan fingerprint density at radius 1 is 0.532 bits per heavy atom. The Morgan fingerprint density at radius 3 is 1.48 bits per heavy atom. The van der Waals surface area contributed by atoms with Crippen LogP contribution in [0, 0.1) is 0 Å². The zero-order valence-electron chi connectivity index (χ0n) is 39.1. The Balaban J connectivity index is 2.19. The van der Waals surface area contributed by atoms with E-state index >= 15 is 0 Å². The molecule has 4 N–H and O–H groups in total. The van der Waals surface area contributed by atoms with Crippen LogP contribution in [0.2, 0.25) is 0 Å². The van der Waals surface area contributed by atoms with Crippen molar-refractivity contribution >= 4 is 5.97 Å². The molecule has 1 aliphatic heterocycles. The summed E-state index contributed by atoms with van der Waals surface area (Å²) >= 11 is 0. The summed E-state index contributed by atoms with van der Waals surface area (Å²) in [6.45, 7) is 4.34. The number of hydrogen-bond donors (Lipinski definition) is 4. The third kappa shape index (κ3) is 33.9. The minimum Gasteiger partial charge on any atom is -0.457 e. The first-order chi connectivity index (χ1) is 30.4. The number of hydrogen-bond acceptors (Lipinski definition) is 9. The summed E-state index contributed by atoms with van der Waals surface area (Å²) in [6, 6.07) is 0. The van der Waals surface area contributed by atoms with Gasteiger partial charge in [0, 0.05) is 13.0 Å². The highest BCUT2D eigenvalue weighted by molar-refractivity contribution is 5.69. The molecule has 6 atom stereocenters. The Kier molecular flexibility index (Phi) is 40.4. The smallest absolute Gasteiger partial charge is 0.306 e. The van der Waals surface area contributed by atoms with E-state index < -0.39 is 43.4 Å². The Hall–Kier alpha value is -2.63. The lowest BCUT2D eigenvalue weighted by atomic mass is 9.99. The molecule has 9 heteroatoms. The zero-order valence-corrected chi connectivity index (χ0v) is 39.1. The van der Waals surface area contributed by atoms with Gasteiger partial charge in [-0.3, -0.25) is 4.79 Å². The summed E-state index contributed by atoms with van der Waals surface area (Å²) in [6.07, 6.45) is 51.9. The van der Waals surface area contributed by atoms with Crippen molar-refractivity contribution in [2.24, 2.45) is 0 Å². The molecule has 0 radical (unpaired) electrons. The highest BCUT2D eigenvalue weighted by atomic mass is 16.7. The quantitative estimate of drug-likeness (QED) is 0.0269. The molecule has 1 rings (SSSR count). The lowest BCUT2D eigenvalue weighted by molar-refractivity contribution is -0.305. The zero-order chi connectivity index (χ0) is 45.0. The van der Waals surface area contributed by atoms with E-state index in [1.54, 1.807) is 0 Å². The molecule has 0 saturated carbocycles. The van der Waals surface area contributed by atoms with Crippen molar-refractivity contribution in [2.75, 3.05) is 26.4 Å². The first kappa shape index (κ1) is 57.4. The average molecular weight is 871 g/mol. The molecule has 1 aliphatic rings. The molecule has 62 heavy (non-hydrogen) atoms. The van der Waals surface area contributed by atoms with Crippen LogP contribution in [-0.4, -0.2) is 89.6 Å². The van der Waals surface area contributed by atoms with E-state index in [2.05, 4.69) is 98.9 Å². The molecule has 6 unspecified atom stereocenters. The molecule has 0 bridgehead atoms. The fourth-order valence-electron chi connectivity index (χ4n) is 6.97. The minimum absolute atomic E-state index is 0.125. The molecule has 1 saturated heterocycles.